The fraction of sp³-hybridized carbons (Fsp3) is 0.538. The van der Waals surface area contributed by atoms with Crippen LogP contribution >= 0.6 is 0 Å². The first-order valence-corrected chi connectivity index (χ1v) is 17.2. The molecule has 0 heterocycles. The summed E-state index contributed by atoms with van der Waals surface area (Å²) in [5.41, 5.74) is 2.58. The Morgan fingerprint density at radius 1 is 0.644 bits per heavy atom. The van der Waals surface area contributed by atoms with Gasteiger partial charge in [-0.15, -0.1) is 0 Å². The van der Waals surface area contributed by atoms with Gasteiger partial charge in [0.2, 0.25) is 0 Å². The normalized spacial score (nSPS) is 11.6. The molecular formula is C39H56O6. The summed E-state index contributed by atoms with van der Waals surface area (Å²) in [5.74, 6) is -0.0849. The molecule has 0 aliphatic carbocycles. The number of ether oxygens (including phenoxy) is 3. The van der Waals surface area contributed by atoms with Gasteiger partial charge in [0.1, 0.15) is 0 Å². The average Bonchev–Trinajstić information content (AvgIpc) is 3.05. The minimum absolute atomic E-state index is 0.392. The van der Waals surface area contributed by atoms with E-state index in [9.17, 15) is 14.7 Å². The highest BCUT2D eigenvalue weighted by Gasteiger charge is 2.10. The number of hydrogen-bond acceptors (Lipinski definition) is 5. The van der Waals surface area contributed by atoms with E-state index in [4.69, 9.17) is 14.2 Å². The number of benzene rings is 2. The Hall–Kier alpha value is -3.54. The minimum Gasteiger partial charge on any atom is -0.490 e. The molecule has 0 saturated heterocycles. The average molecular weight is 621 g/mol. The number of hydrogen-bond donors (Lipinski definition) is 1. The van der Waals surface area contributed by atoms with E-state index in [0.717, 1.165) is 43.1 Å². The third-order valence-corrected chi connectivity index (χ3v) is 7.82. The van der Waals surface area contributed by atoms with Crippen molar-refractivity contribution in [2.75, 3.05) is 20.3 Å². The van der Waals surface area contributed by atoms with E-state index < -0.39 is 11.9 Å². The van der Waals surface area contributed by atoms with Gasteiger partial charge in [-0.1, -0.05) is 122 Å². The molecule has 0 amide bonds. The number of carboxylic acids is 1. The molecule has 0 saturated carbocycles. The third-order valence-electron chi connectivity index (χ3n) is 7.82. The van der Waals surface area contributed by atoms with Crippen molar-refractivity contribution in [3.8, 4) is 11.5 Å². The first-order chi connectivity index (χ1) is 22.0. The standard InChI is InChI=1S/C39H56O6/c1-4-6-8-10-12-14-16-18-27-44-36-25-23-32(30-37(36)45-28-19-17-15-13-11-9-7-5-2)29-34(24-26-38(40)41)33-21-20-22-35(31-33)39(42)43-3/h20-26,29-31H,4-19,27-28H2,1-3H3,(H,40,41)/b26-24+,34-29-. The first-order valence-electron chi connectivity index (χ1n) is 17.2. The summed E-state index contributed by atoms with van der Waals surface area (Å²) in [4.78, 5) is 23.5. The zero-order valence-corrected chi connectivity index (χ0v) is 28.0. The van der Waals surface area contributed by atoms with Gasteiger partial charge < -0.3 is 19.3 Å². The highest BCUT2D eigenvalue weighted by molar-refractivity contribution is 5.95. The SMILES string of the molecule is CCCCCCCCCCOc1ccc(/C=C(/C=C/C(=O)O)c2cccc(C(=O)OC)c2)cc1OCCCCCCCCCC. The number of unbranched alkanes of at least 4 members (excludes halogenated alkanes) is 14. The van der Waals surface area contributed by atoms with E-state index in [1.165, 1.54) is 90.2 Å². The summed E-state index contributed by atoms with van der Waals surface area (Å²) in [5, 5.41) is 9.31. The number of rotatable bonds is 25. The van der Waals surface area contributed by atoms with Gasteiger partial charge in [0.25, 0.3) is 0 Å². The first kappa shape index (κ1) is 37.6. The molecule has 0 aliphatic heterocycles. The van der Waals surface area contributed by atoms with Crippen molar-refractivity contribution in [1.29, 1.82) is 0 Å². The predicted octanol–water partition coefficient (Wildman–Crippen LogP) is 10.7. The van der Waals surface area contributed by atoms with Crippen LogP contribution in [0, 0.1) is 0 Å². The number of carbonyl (C=O) groups is 2. The molecule has 0 unspecified atom stereocenters. The molecule has 0 aromatic heterocycles. The van der Waals surface area contributed by atoms with Crippen LogP contribution in [0.25, 0.3) is 11.6 Å². The van der Waals surface area contributed by atoms with Crippen LogP contribution in [0.3, 0.4) is 0 Å². The second kappa shape index (κ2) is 23.8. The van der Waals surface area contributed by atoms with Gasteiger partial charge in [-0.3, -0.25) is 0 Å². The number of methoxy groups -OCH3 is 1. The maximum atomic E-state index is 12.1. The van der Waals surface area contributed by atoms with Gasteiger partial charge in [-0.05, 0) is 66.0 Å². The number of allylic oxidation sites excluding steroid dienone is 2. The smallest absolute Gasteiger partial charge is 0.337 e. The Balaban J connectivity index is 2.16. The molecule has 0 bridgehead atoms. The lowest BCUT2D eigenvalue weighted by molar-refractivity contribution is -0.131. The van der Waals surface area contributed by atoms with Crippen molar-refractivity contribution < 1.29 is 28.9 Å². The summed E-state index contributed by atoms with van der Waals surface area (Å²) in [6, 6.07) is 12.8. The van der Waals surface area contributed by atoms with Crippen LogP contribution in [-0.2, 0) is 9.53 Å². The Labute approximate surface area is 271 Å². The fourth-order valence-electron chi connectivity index (χ4n) is 5.19. The maximum Gasteiger partial charge on any atom is 0.337 e. The summed E-state index contributed by atoms with van der Waals surface area (Å²) in [6.45, 7) is 5.74. The quantitative estimate of drug-likeness (QED) is 0.0391. The van der Waals surface area contributed by atoms with Crippen molar-refractivity contribution >= 4 is 23.6 Å². The molecule has 0 radical (unpaired) electrons. The van der Waals surface area contributed by atoms with Gasteiger partial charge in [0, 0.05) is 6.08 Å². The molecule has 0 aliphatic rings. The highest BCUT2D eigenvalue weighted by Crippen LogP contribution is 2.31. The second-order valence-electron chi connectivity index (χ2n) is 11.7. The van der Waals surface area contributed by atoms with E-state index in [-0.39, 0.29) is 0 Å². The van der Waals surface area contributed by atoms with Crippen molar-refractivity contribution in [1.82, 2.24) is 0 Å². The lowest BCUT2D eigenvalue weighted by Gasteiger charge is -2.14. The third kappa shape index (κ3) is 16.4. The lowest BCUT2D eigenvalue weighted by Crippen LogP contribution is -2.03. The van der Waals surface area contributed by atoms with Crippen LogP contribution in [-0.4, -0.2) is 37.4 Å². The Morgan fingerprint density at radius 3 is 1.73 bits per heavy atom. The van der Waals surface area contributed by atoms with Gasteiger partial charge in [0.05, 0.1) is 25.9 Å². The summed E-state index contributed by atoms with van der Waals surface area (Å²) in [6.07, 6.45) is 24.3. The predicted molar refractivity (Wildman–Crippen MR) is 185 cm³/mol. The van der Waals surface area contributed by atoms with E-state index in [1.54, 1.807) is 18.2 Å². The van der Waals surface area contributed by atoms with Crippen LogP contribution in [0.1, 0.15) is 138 Å². The van der Waals surface area contributed by atoms with E-state index in [0.29, 0.717) is 35.7 Å². The van der Waals surface area contributed by atoms with Crippen LogP contribution in [0.2, 0.25) is 0 Å². The molecule has 6 heteroatoms. The summed E-state index contributed by atoms with van der Waals surface area (Å²) in [7, 11) is 1.34. The number of carbonyl (C=O) groups excluding carboxylic acids is 1. The van der Waals surface area contributed by atoms with Crippen molar-refractivity contribution in [3.63, 3.8) is 0 Å². The summed E-state index contributed by atoms with van der Waals surface area (Å²) < 4.78 is 17.4. The summed E-state index contributed by atoms with van der Waals surface area (Å²) >= 11 is 0. The van der Waals surface area contributed by atoms with Crippen LogP contribution in [0.4, 0.5) is 0 Å². The zero-order chi connectivity index (χ0) is 32.5. The number of carboxylic acid groups (broad SMARTS) is 1. The number of aliphatic carboxylic acids is 1. The monoisotopic (exact) mass is 620 g/mol. The molecule has 45 heavy (non-hydrogen) atoms. The van der Waals surface area contributed by atoms with Gasteiger partial charge in [-0.25, -0.2) is 9.59 Å². The van der Waals surface area contributed by atoms with Gasteiger partial charge >= 0.3 is 11.9 Å². The molecule has 6 nitrogen and oxygen atoms in total. The van der Waals surface area contributed by atoms with Crippen LogP contribution in [0.15, 0.2) is 54.6 Å². The Bertz CT molecular complexity index is 1180. The van der Waals surface area contributed by atoms with E-state index >= 15 is 0 Å². The minimum atomic E-state index is -1.05. The fourth-order valence-corrected chi connectivity index (χ4v) is 5.19. The van der Waals surface area contributed by atoms with Crippen LogP contribution in [0.5, 0.6) is 11.5 Å². The van der Waals surface area contributed by atoms with Gasteiger partial charge in [0.15, 0.2) is 11.5 Å². The second-order valence-corrected chi connectivity index (χ2v) is 11.7. The molecule has 2 rings (SSSR count). The van der Waals surface area contributed by atoms with Gasteiger partial charge in [-0.2, -0.15) is 0 Å². The number of esters is 1. The Morgan fingerprint density at radius 2 is 1.18 bits per heavy atom. The molecule has 2 aromatic rings. The van der Waals surface area contributed by atoms with E-state index in [2.05, 4.69) is 13.8 Å². The Kier molecular flexibility index (Phi) is 19.9. The van der Waals surface area contributed by atoms with Crippen molar-refractivity contribution in [2.24, 2.45) is 0 Å². The molecule has 0 fully saturated rings. The zero-order valence-electron chi connectivity index (χ0n) is 28.0. The topological polar surface area (TPSA) is 82.1 Å². The maximum absolute atomic E-state index is 12.1. The largest absolute Gasteiger partial charge is 0.490 e. The van der Waals surface area contributed by atoms with Crippen LogP contribution < -0.4 is 9.47 Å². The molecular weight excluding hydrogens is 564 g/mol. The van der Waals surface area contributed by atoms with E-state index in [1.807, 2.05) is 30.3 Å². The lowest BCUT2D eigenvalue weighted by atomic mass is 10.00. The van der Waals surface area contributed by atoms with Crippen molar-refractivity contribution in [2.45, 2.75) is 117 Å². The molecule has 2 aromatic carbocycles. The molecule has 0 atom stereocenters. The molecule has 1 N–H and O–H groups in total. The van der Waals surface area contributed by atoms with Crippen molar-refractivity contribution in [3.05, 3.63) is 71.3 Å². The molecule has 0 spiro atoms. The highest BCUT2D eigenvalue weighted by atomic mass is 16.5. The molecule has 248 valence electrons.